The van der Waals surface area contributed by atoms with Crippen molar-refractivity contribution in [2.45, 2.75) is 13.3 Å². The fraction of sp³-hybridized carbons (Fsp3) is 0.125. The first-order chi connectivity index (χ1) is 9.70. The number of hydrogen-bond donors (Lipinski definition) is 1. The zero-order chi connectivity index (χ0) is 13.9. The molecule has 0 amide bonds. The molecule has 0 bridgehead atoms. The van der Waals surface area contributed by atoms with Crippen molar-refractivity contribution in [3.05, 3.63) is 47.0 Å². The molecule has 0 unspecified atom stereocenters. The number of nitrogens with one attached hydrogen (secondary N) is 1. The number of H-pyrrole nitrogens is 1. The lowest BCUT2D eigenvalue weighted by atomic mass is 9.97. The molecule has 0 aliphatic carbocycles. The third-order valence-corrected chi connectivity index (χ3v) is 3.87. The minimum atomic E-state index is -0.549. The summed E-state index contributed by atoms with van der Waals surface area (Å²) in [5.74, 6) is -1.09. The van der Waals surface area contributed by atoms with Gasteiger partial charge in [0.1, 0.15) is 0 Å². The Labute approximate surface area is 114 Å². The van der Waals surface area contributed by atoms with Gasteiger partial charge in [0.05, 0.1) is 16.6 Å². The molecule has 4 rings (SSSR count). The molecule has 1 aromatic heterocycles. The van der Waals surface area contributed by atoms with Crippen LogP contribution in [-0.2, 0) is 11.2 Å². The maximum absolute atomic E-state index is 11.9. The third kappa shape index (κ3) is 1.25. The Morgan fingerprint density at radius 1 is 1.10 bits per heavy atom. The summed E-state index contributed by atoms with van der Waals surface area (Å²) in [5, 5.41) is 2.01. The summed E-state index contributed by atoms with van der Waals surface area (Å²) in [5.41, 5.74) is 3.56. The van der Waals surface area contributed by atoms with E-state index in [0.29, 0.717) is 17.5 Å². The van der Waals surface area contributed by atoms with Crippen LogP contribution in [0.15, 0.2) is 30.3 Å². The molecule has 0 fully saturated rings. The molecule has 3 aromatic rings. The van der Waals surface area contributed by atoms with E-state index < -0.39 is 11.9 Å². The maximum atomic E-state index is 11.9. The molecule has 0 atom stereocenters. The van der Waals surface area contributed by atoms with Gasteiger partial charge in [0.2, 0.25) is 0 Å². The highest BCUT2D eigenvalue weighted by atomic mass is 16.6. The quantitative estimate of drug-likeness (QED) is 0.543. The fourth-order valence-electron chi connectivity index (χ4n) is 2.99. The third-order valence-electron chi connectivity index (χ3n) is 3.87. The van der Waals surface area contributed by atoms with Crippen LogP contribution in [0.3, 0.4) is 0 Å². The SMILES string of the molecule is CCc1c2c(cc3c1[nH]c1ccccc13)C(=O)OC2=O. The number of aryl methyl sites for hydroxylation is 1. The number of esters is 2. The number of carbonyl (C=O) groups excluding carboxylic acids is 2. The Kier molecular flexibility index (Phi) is 2.07. The van der Waals surface area contributed by atoms with Gasteiger partial charge in [-0.05, 0) is 24.1 Å². The lowest BCUT2D eigenvalue weighted by molar-refractivity contribution is 0.0443. The molecule has 0 radical (unpaired) electrons. The monoisotopic (exact) mass is 265 g/mol. The molecular formula is C16H11NO3. The molecule has 0 spiro atoms. The average Bonchev–Trinajstić information content (AvgIpc) is 2.95. The second kappa shape index (κ2) is 3.70. The van der Waals surface area contributed by atoms with Crippen LogP contribution in [0.4, 0.5) is 0 Å². The average molecular weight is 265 g/mol. The molecule has 4 heteroatoms. The molecular weight excluding hydrogens is 254 g/mol. The van der Waals surface area contributed by atoms with Crippen molar-refractivity contribution >= 4 is 33.7 Å². The van der Waals surface area contributed by atoms with E-state index in [1.54, 1.807) is 6.07 Å². The summed E-state index contributed by atoms with van der Waals surface area (Å²) in [6.45, 7) is 1.97. The van der Waals surface area contributed by atoms with Crippen LogP contribution in [0.2, 0.25) is 0 Å². The van der Waals surface area contributed by atoms with Crippen LogP contribution in [-0.4, -0.2) is 16.9 Å². The standard InChI is InChI=1S/C16H11NO3/c1-2-8-13-11(15(18)20-16(13)19)7-10-9-5-3-4-6-12(9)17-14(8)10/h3-7,17H,2H2,1H3. The van der Waals surface area contributed by atoms with Crippen molar-refractivity contribution in [1.29, 1.82) is 0 Å². The Balaban J connectivity index is 2.25. The summed E-state index contributed by atoms with van der Waals surface area (Å²) in [6, 6.07) is 9.66. The first-order valence-electron chi connectivity index (χ1n) is 6.53. The minimum Gasteiger partial charge on any atom is -0.386 e. The highest BCUT2D eigenvalue weighted by Gasteiger charge is 2.33. The van der Waals surface area contributed by atoms with Gasteiger partial charge in [0.15, 0.2) is 0 Å². The summed E-state index contributed by atoms with van der Waals surface area (Å²) >= 11 is 0. The van der Waals surface area contributed by atoms with Crippen LogP contribution in [0, 0.1) is 0 Å². The summed E-state index contributed by atoms with van der Waals surface area (Å²) in [4.78, 5) is 27.0. The van der Waals surface area contributed by atoms with Crippen LogP contribution < -0.4 is 0 Å². The van der Waals surface area contributed by atoms with Crippen LogP contribution in [0.25, 0.3) is 21.8 Å². The lowest BCUT2D eigenvalue weighted by Gasteiger charge is -2.04. The van der Waals surface area contributed by atoms with E-state index in [-0.39, 0.29) is 0 Å². The minimum absolute atomic E-state index is 0.379. The Bertz CT molecular complexity index is 905. The molecule has 1 aliphatic heterocycles. The van der Waals surface area contributed by atoms with Crippen molar-refractivity contribution in [1.82, 2.24) is 4.98 Å². The summed E-state index contributed by atoms with van der Waals surface area (Å²) < 4.78 is 4.74. The second-order valence-corrected chi connectivity index (χ2v) is 4.90. The Morgan fingerprint density at radius 2 is 1.90 bits per heavy atom. The first kappa shape index (κ1) is 11.2. The molecule has 1 aliphatic rings. The lowest BCUT2D eigenvalue weighted by Crippen LogP contribution is -2.00. The van der Waals surface area contributed by atoms with Gasteiger partial charge in [-0.2, -0.15) is 0 Å². The molecule has 98 valence electrons. The van der Waals surface area contributed by atoms with Crippen molar-refractivity contribution in [2.24, 2.45) is 0 Å². The van der Waals surface area contributed by atoms with E-state index in [1.165, 1.54) is 0 Å². The zero-order valence-electron chi connectivity index (χ0n) is 10.8. The van der Waals surface area contributed by atoms with Crippen LogP contribution in [0.1, 0.15) is 33.2 Å². The van der Waals surface area contributed by atoms with Gasteiger partial charge in [-0.25, -0.2) is 9.59 Å². The number of para-hydroxylation sites is 1. The number of ether oxygens (including phenoxy) is 1. The van der Waals surface area contributed by atoms with E-state index in [1.807, 2.05) is 31.2 Å². The van der Waals surface area contributed by atoms with Gasteiger partial charge >= 0.3 is 11.9 Å². The van der Waals surface area contributed by atoms with E-state index in [9.17, 15) is 9.59 Å². The van der Waals surface area contributed by atoms with E-state index in [4.69, 9.17) is 4.74 Å². The topological polar surface area (TPSA) is 59.2 Å². The molecule has 2 heterocycles. The molecule has 1 N–H and O–H groups in total. The molecule has 4 nitrogen and oxygen atoms in total. The van der Waals surface area contributed by atoms with Crippen molar-refractivity contribution < 1.29 is 14.3 Å². The smallest absolute Gasteiger partial charge is 0.347 e. The molecule has 2 aromatic carbocycles. The van der Waals surface area contributed by atoms with Gasteiger partial charge in [-0.15, -0.1) is 0 Å². The number of fused-ring (bicyclic) bond motifs is 4. The number of rotatable bonds is 1. The van der Waals surface area contributed by atoms with E-state index in [2.05, 4.69) is 4.98 Å². The number of benzene rings is 2. The predicted octanol–water partition coefficient (Wildman–Crippen LogP) is 3.19. The number of aromatic nitrogens is 1. The second-order valence-electron chi connectivity index (χ2n) is 4.90. The number of aromatic amines is 1. The Morgan fingerprint density at radius 3 is 2.70 bits per heavy atom. The molecule has 20 heavy (non-hydrogen) atoms. The Hall–Kier alpha value is -2.62. The number of hydrogen-bond acceptors (Lipinski definition) is 3. The molecule has 0 saturated carbocycles. The van der Waals surface area contributed by atoms with E-state index >= 15 is 0 Å². The van der Waals surface area contributed by atoms with Crippen LogP contribution >= 0.6 is 0 Å². The van der Waals surface area contributed by atoms with E-state index in [0.717, 1.165) is 27.4 Å². The zero-order valence-corrected chi connectivity index (χ0v) is 10.8. The maximum Gasteiger partial charge on any atom is 0.347 e. The molecule has 0 saturated heterocycles. The van der Waals surface area contributed by atoms with Gasteiger partial charge < -0.3 is 9.72 Å². The van der Waals surface area contributed by atoms with Crippen LogP contribution in [0.5, 0.6) is 0 Å². The predicted molar refractivity (Wildman–Crippen MR) is 74.9 cm³/mol. The largest absolute Gasteiger partial charge is 0.386 e. The highest BCUT2D eigenvalue weighted by molar-refractivity contribution is 6.21. The number of cyclic esters (lactones) is 2. The number of carbonyl (C=O) groups is 2. The van der Waals surface area contributed by atoms with Gasteiger partial charge in [-0.3, -0.25) is 0 Å². The fourth-order valence-corrected chi connectivity index (χ4v) is 2.99. The van der Waals surface area contributed by atoms with Gasteiger partial charge in [-0.1, -0.05) is 25.1 Å². The summed E-state index contributed by atoms with van der Waals surface area (Å²) in [7, 11) is 0. The van der Waals surface area contributed by atoms with Crippen molar-refractivity contribution in [2.75, 3.05) is 0 Å². The highest BCUT2D eigenvalue weighted by Crippen LogP contribution is 2.35. The normalized spacial score (nSPS) is 14.1. The first-order valence-corrected chi connectivity index (χ1v) is 6.53. The summed E-state index contributed by atoms with van der Waals surface area (Å²) in [6.07, 6.45) is 0.662. The van der Waals surface area contributed by atoms with Gasteiger partial charge in [0.25, 0.3) is 0 Å². The van der Waals surface area contributed by atoms with Crippen molar-refractivity contribution in [3.8, 4) is 0 Å². The van der Waals surface area contributed by atoms with Crippen molar-refractivity contribution in [3.63, 3.8) is 0 Å². The van der Waals surface area contributed by atoms with Gasteiger partial charge in [0, 0.05) is 16.3 Å².